The summed E-state index contributed by atoms with van der Waals surface area (Å²) in [5.41, 5.74) is 1.30. The topological polar surface area (TPSA) is 21.7 Å². The number of hydrogen-bond donors (Lipinski definition) is 0. The quantitative estimate of drug-likeness (QED) is 0.837. The number of nitrogens with zero attached hydrogens (tertiary/aromatic N) is 1. The van der Waals surface area contributed by atoms with E-state index in [1.165, 1.54) is 25.3 Å². The number of anilines is 2. The molecule has 0 N–H and O–H groups in total. The molecule has 0 radical (unpaired) electrons. The van der Waals surface area contributed by atoms with E-state index >= 15 is 0 Å². The van der Waals surface area contributed by atoms with E-state index in [0.717, 1.165) is 5.69 Å². The van der Waals surface area contributed by atoms with Gasteiger partial charge in [-0.15, -0.1) is 13.2 Å². The van der Waals surface area contributed by atoms with Gasteiger partial charge in [-0.2, -0.15) is 0 Å². The molecule has 112 valence electrons. The van der Waals surface area contributed by atoms with Crippen molar-refractivity contribution in [2.24, 2.45) is 0 Å². The molecule has 0 saturated heterocycles. The molecule has 0 aromatic heterocycles. The Balaban J connectivity index is 2.38. The van der Waals surface area contributed by atoms with Crippen LogP contribution in [0.25, 0.3) is 0 Å². The number of rotatable bonds is 4. The molecule has 0 spiro atoms. The maximum atomic E-state index is 12.3. The van der Waals surface area contributed by atoms with Gasteiger partial charge >= 0.3 is 6.36 Å². The van der Waals surface area contributed by atoms with Crippen molar-refractivity contribution >= 4 is 11.4 Å². The molecular weight excluding hydrogens is 283 g/mol. The number of benzene rings is 2. The lowest BCUT2D eigenvalue weighted by Gasteiger charge is -2.22. The van der Waals surface area contributed by atoms with Gasteiger partial charge in [0.25, 0.3) is 0 Å². The minimum Gasteiger partial charge on any atom is -0.495 e. The van der Waals surface area contributed by atoms with Crippen molar-refractivity contribution < 1.29 is 22.6 Å². The molecule has 0 atom stereocenters. The lowest BCUT2D eigenvalue weighted by Crippen LogP contribution is -2.18. The molecular formula is C15H14F3NO2. The van der Waals surface area contributed by atoms with Gasteiger partial charge < -0.3 is 14.4 Å². The second-order valence-corrected chi connectivity index (χ2v) is 4.28. The van der Waals surface area contributed by atoms with E-state index in [-0.39, 0.29) is 5.75 Å². The van der Waals surface area contributed by atoms with Gasteiger partial charge in [0.05, 0.1) is 12.8 Å². The summed E-state index contributed by atoms with van der Waals surface area (Å²) in [5.74, 6) is 0.164. The third-order valence-electron chi connectivity index (χ3n) is 2.89. The standard InChI is InChI=1S/C15H14F3NO2/c1-19(11-6-4-3-5-7-11)13-10-12(21-15(16,17)18)8-9-14(13)20-2/h3-10H,1-2H3. The molecule has 6 heteroatoms. The SMILES string of the molecule is COc1ccc(OC(F)(F)F)cc1N(C)c1ccccc1. The summed E-state index contributed by atoms with van der Waals surface area (Å²) >= 11 is 0. The number of hydrogen-bond acceptors (Lipinski definition) is 3. The van der Waals surface area contributed by atoms with Crippen LogP contribution in [0.4, 0.5) is 24.5 Å². The van der Waals surface area contributed by atoms with Crippen LogP contribution < -0.4 is 14.4 Å². The van der Waals surface area contributed by atoms with Crippen molar-refractivity contribution in [3.8, 4) is 11.5 Å². The summed E-state index contributed by atoms with van der Waals surface area (Å²) in [7, 11) is 3.20. The van der Waals surface area contributed by atoms with E-state index in [1.807, 2.05) is 30.3 Å². The van der Waals surface area contributed by atoms with Crippen molar-refractivity contribution in [1.82, 2.24) is 0 Å². The van der Waals surface area contributed by atoms with Gasteiger partial charge in [0.15, 0.2) is 0 Å². The minimum atomic E-state index is -4.73. The zero-order chi connectivity index (χ0) is 15.5. The summed E-state index contributed by atoms with van der Waals surface area (Å²) in [4.78, 5) is 1.72. The van der Waals surface area contributed by atoms with Crippen LogP contribution in [0.15, 0.2) is 48.5 Å². The van der Waals surface area contributed by atoms with E-state index in [4.69, 9.17) is 4.74 Å². The first-order valence-electron chi connectivity index (χ1n) is 6.13. The monoisotopic (exact) mass is 297 g/mol. The number of ether oxygens (including phenoxy) is 2. The zero-order valence-corrected chi connectivity index (χ0v) is 11.5. The minimum absolute atomic E-state index is 0.291. The van der Waals surface area contributed by atoms with E-state index in [0.29, 0.717) is 11.4 Å². The van der Waals surface area contributed by atoms with Gasteiger partial charge in [-0.25, -0.2) is 0 Å². The maximum Gasteiger partial charge on any atom is 0.573 e. The van der Waals surface area contributed by atoms with Gasteiger partial charge in [0, 0.05) is 18.8 Å². The first-order chi connectivity index (χ1) is 9.90. The number of halogens is 3. The van der Waals surface area contributed by atoms with Crippen LogP contribution in [0, 0.1) is 0 Å². The van der Waals surface area contributed by atoms with Crippen molar-refractivity contribution in [1.29, 1.82) is 0 Å². The Kier molecular flexibility index (Phi) is 4.26. The van der Waals surface area contributed by atoms with Crippen molar-refractivity contribution in [2.45, 2.75) is 6.36 Å². The first-order valence-corrected chi connectivity index (χ1v) is 6.13. The van der Waals surface area contributed by atoms with Crippen LogP contribution in [0.5, 0.6) is 11.5 Å². The van der Waals surface area contributed by atoms with E-state index in [2.05, 4.69) is 4.74 Å². The normalized spacial score (nSPS) is 11.1. The third-order valence-corrected chi connectivity index (χ3v) is 2.89. The van der Waals surface area contributed by atoms with Gasteiger partial charge in [0.2, 0.25) is 0 Å². The molecule has 0 amide bonds. The molecule has 2 aromatic rings. The molecule has 0 unspecified atom stereocenters. The molecule has 0 aliphatic rings. The number of methoxy groups -OCH3 is 1. The molecule has 3 nitrogen and oxygen atoms in total. The largest absolute Gasteiger partial charge is 0.573 e. The maximum absolute atomic E-state index is 12.3. The fraction of sp³-hybridized carbons (Fsp3) is 0.200. The van der Waals surface area contributed by atoms with E-state index < -0.39 is 6.36 Å². The second kappa shape index (κ2) is 5.95. The fourth-order valence-corrected chi connectivity index (χ4v) is 1.92. The summed E-state index contributed by atoms with van der Waals surface area (Å²) in [6, 6.07) is 13.2. The molecule has 0 aliphatic heterocycles. The highest BCUT2D eigenvalue weighted by atomic mass is 19.4. The lowest BCUT2D eigenvalue weighted by atomic mass is 10.2. The van der Waals surface area contributed by atoms with Crippen molar-refractivity contribution in [2.75, 3.05) is 19.1 Å². The van der Waals surface area contributed by atoms with Crippen LogP contribution in [0.1, 0.15) is 0 Å². The molecule has 2 aromatic carbocycles. The highest BCUT2D eigenvalue weighted by Gasteiger charge is 2.31. The molecule has 21 heavy (non-hydrogen) atoms. The van der Waals surface area contributed by atoms with Gasteiger partial charge in [-0.3, -0.25) is 0 Å². The summed E-state index contributed by atoms with van der Waals surface area (Å²) in [6.45, 7) is 0. The highest BCUT2D eigenvalue weighted by molar-refractivity contribution is 5.70. The van der Waals surface area contributed by atoms with Gasteiger partial charge in [-0.1, -0.05) is 18.2 Å². The number of para-hydroxylation sites is 1. The summed E-state index contributed by atoms with van der Waals surface area (Å²) in [5, 5.41) is 0. The van der Waals surface area contributed by atoms with Gasteiger partial charge in [0.1, 0.15) is 11.5 Å². The number of alkyl halides is 3. The Labute approximate surface area is 120 Å². The summed E-state index contributed by atoms with van der Waals surface area (Å²) < 4.78 is 46.1. The molecule has 0 aliphatic carbocycles. The Bertz CT molecular complexity index is 600. The Morgan fingerprint density at radius 1 is 1.00 bits per heavy atom. The van der Waals surface area contributed by atoms with Gasteiger partial charge in [-0.05, 0) is 24.3 Å². The van der Waals surface area contributed by atoms with Crippen molar-refractivity contribution in [3.63, 3.8) is 0 Å². The summed E-state index contributed by atoms with van der Waals surface area (Å²) in [6.07, 6.45) is -4.73. The Morgan fingerprint density at radius 3 is 2.24 bits per heavy atom. The molecule has 0 saturated carbocycles. The average Bonchev–Trinajstić information content (AvgIpc) is 2.45. The van der Waals surface area contributed by atoms with Crippen LogP contribution in [-0.4, -0.2) is 20.5 Å². The van der Waals surface area contributed by atoms with Crippen LogP contribution in [0.2, 0.25) is 0 Å². The predicted octanol–water partition coefficient (Wildman–Crippen LogP) is 4.36. The molecule has 0 fully saturated rings. The lowest BCUT2D eigenvalue weighted by molar-refractivity contribution is -0.274. The zero-order valence-electron chi connectivity index (χ0n) is 11.5. The smallest absolute Gasteiger partial charge is 0.495 e. The van der Waals surface area contributed by atoms with E-state index in [1.54, 1.807) is 11.9 Å². The Hall–Kier alpha value is -2.37. The van der Waals surface area contributed by atoms with Crippen molar-refractivity contribution in [3.05, 3.63) is 48.5 Å². The van der Waals surface area contributed by atoms with E-state index in [9.17, 15) is 13.2 Å². The third kappa shape index (κ3) is 3.81. The molecule has 0 heterocycles. The second-order valence-electron chi connectivity index (χ2n) is 4.28. The average molecular weight is 297 g/mol. The van der Waals surface area contributed by atoms with Crippen LogP contribution in [-0.2, 0) is 0 Å². The highest BCUT2D eigenvalue weighted by Crippen LogP contribution is 2.36. The van der Waals surface area contributed by atoms with Crippen LogP contribution >= 0.6 is 0 Å². The first kappa shape index (κ1) is 15.0. The van der Waals surface area contributed by atoms with Crippen LogP contribution in [0.3, 0.4) is 0 Å². The molecule has 2 rings (SSSR count). The predicted molar refractivity (Wildman–Crippen MR) is 74.2 cm³/mol. The molecule has 0 bridgehead atoms. The fourth-order valence-electron chi connectivity index (χ4n) is 1.92. The Morgan fingerprint density at radius 2 is 1.67 bits per heavy atom.